The first-order valence-corrected chi connectivity index (χ1v) is 5.77. The minimum Gasteiger partial charge on any atom is -0.496 e. The van der Waals surface area contributed by atoms with E-state index in [4.69, 9.17) is 16.3 Å². The zero-order valence-corrected chi connectivity index (χ0v) is 11.5. The lowest BCUT2D eigenvalue weighted by molar-refractivity contribution is 0.0693. The molecule has 0 heterocycles. The Balaban J connectivity index is 2.87. The maximum Gasteiger partial charge on any atom is 0.339 e. The number of carboxylic acid groups (broad SMARTS) is 1. The van der Waals surface area contributed by atoms with Crippen LogP contribution in [0.25, 0.3) is 0 Å². The van der Waals surface area contributed by atoms with Crippen LogP contribution in [0.4, 0.5) is 10.5 Å². The third-order valence-electron chi connectivity index (χ3n) is 2.48. The molecular formula is C14H16N2O4. The summed E-state index contributed by atoms with van der Waals surface area (Å²) >= 11 is 0. The van der Waals surface area contributed by atoms with Crippen molar-refractivity contribution in [3.63, 3.8) is 0 Å². The van der Waals surface area contributed by atoms with Gasteiger partial charge in [-0.15, -0.1) is 6.42 Å². The van der Waals surface area contributed by atoms with Gasteiger partial charge in [0.2, 0.25) is 0 Å². The van der Waals surface area contributed by atoms with E-state index in [0.29, 0.717) is 5.69 Å². The van der Waals surface area contributed by atoms with Crippen LogP contribution in [0.2, 0.25) is 0 Å². The number of anilines is 1. The molecule has 1 rings (SSSR count). The lowest BCUT2D eigenvalue weighted by Gasteiger charge is -2.20. The first kappa shape index (κ1) is 15.4. The fraction of sp³-hybridized carbons (Fsp3) is 0.286. The molecule has 0 saturated carbocycles. The zero-order valence-electron chi connectivity index (χ0n) is 11.5. The van der Waals surface area contributed by atoms with E-state index in [2.05, 4.69) is 16.6 Å². The molecule has 0 saturated heterocycles. The van der Waals surface area contributed by atoms with Gasteiger partial charge in [0.1, 0.15) is 11.3 Å². The molecule has 20 heavy (non-hydrogen) atoms. The van der Waals surface area contributed by atoms with Gasteiger partial charge >= 0.3 is 12.0 Å². The van der Waals surface area contributed by atoms with Gasteiger partial charge < -0.3 is 20.5 Å². The Kier molecular flexibility index (Phi) is 4.59. The second-order valence-electron chi connectivity index (χ2n) is 4.57. The monoisotopic (exact) mass is 276 g/mol. The van der Waals surface area contributed by atoms with Gasteiger partial charge in [-0.2, -0.15) is 0 Å². The van der Waals surface area contributed by atoms with Gasteiger partial charge in [0.25, 0.3) is 0 Å². The summed E-state index contributed by atoms with van der Waals surface area (Å²) in [6.07, 6.45) is 5.27. The highest BCUT2D eigenvalue weighted by atomic mass is 16.5. The van der Waals surface area contributed by atoms with Crippen molar-refractivity contribution >= 4 is 17.7 Å². The van der Waals surface area contributed by atoms with Gasteiger partial charge in [-0.3, -0.25) is 0 Å². The Morgan fingerprint density at radius 3 is 2.55 bits per heavy atom. The number of amides is 2. The van der Waals surface area contributed by atoms with Crippen molar-refractivity contribution in [1.82, 2.24) is 5.32 Å². The lowest BCUT2D eigenvalue weighted by Crippen LogP contribution is -2.44. The van der Waals surface area contributed by atoms with Crippen molar-refractivity contribution in [3.05, 3.63) is 23.8 Å². The molecule has 0 unspecified atom stereocenters. The van der Waals surface area contributed by atoms with E-state index in [1.165, 1.54) is 25.3 Å². The molecule has 1 aromatic carbocycles. The van der Waals surface area contributed by atoms with Gasteiger partial charge in [-0.1, -0.05) is 5.92 Å². The van der Waals surface area contributed by atoms with Crippen LogP contribution in [-0.4, -0.2) is 29.8 Å². The second kappa shape index (κ2) is 5.97. The number of urea groups is 1. The minimum atomic E-state index is -1.11. The molecule has 0 fully saturated rings. The molecule has 3 N–H and O–H groups in total. The number of terminal acetylenes is 1. The Bertz CT molecular complexity index is 573. The van der Waals surface area contributed by atoms with Gasteiger partial charge in [0.15, 0.2) is 0 Å². The maximum absolute atomic E-state index is 11.7. The number of carbonyl (C=O) groups is 2. The van der Waals surface area contributed by atoms with E-state index in [0.717, 1.165) is 0 Å². The number of methoxy groups -OCH3 is 1. The van der Waals surface area contributed by atoms with Crippen LogP contribution < -0.4 is 15.4 Å². The summed E-state index contributed by atoms with van der Waals surface area (Å²) in [6.45, 7) is 3.36. The SMILES string of the molecule is C#CC(C)(C)NC(=O)Nc1ccc(C(=O)O)c(OC)c1. The van der Waals surface area contributed by atoms with E-state index in [1.54, 1.807) is 13.8 Å². The number of rotatable bonds is 4. The van der Waals surface area contributed by atoms with Crippen LogP contribution >= 0.6 is 0 Å². The molecule has 0 spiro atoms. The van der Waals surface area contributed by atoms with Crippen molar-refractivity contribution in [1.29, 1.82) is 0 Å². The predicted octanol–water partition coefficient (Wildman–Crippen LogP) is 1.93. The summed E-state index contributed by atoms with van der Waals surface area (Å²) in [5.74, 6) is 1.48. The smallest absolute Gasteiger partial charge is 0.339 e. The Morgan fingerprint density at radius 1 is 1.40 bits per heavy atom. The van der Waals surface area contributed by atoms with Crippen molar-refractivity contribution in [2.24, 2.45) is 0 Å². The highest BCUT2D eigenvalue weighted by molar-refractivity contribution is 5.94. The van der Waals surface area contributed by atoms with E-state index >= 15 is 0 Å². The third-order valence-corrected chi connectivity index (χ3v) is 2.48. The molecule has 1 aromatic rings. The van der Waals surface area contributed by atoms with Crippen LogP contribution in [0.15, 0.2) is 18.2 Å². The van der Waals surface area contributed by atoms with Crippen LogP contribution in [0, 0.1) is 12.3 Å². The predicted molar refractivity (Wildman–Crippen MR) is 75.0 cm³/mol. The van der Waals surface area contributed by atoms with Crippen molar-refractivity contribution in [2.75, 3.05) is 12.4 Å². The largest absolute Gasteiger partial charge is 0.496 e. The van der Waals surface area contributed by atoms with Gasteiger partial charge in [-0.25, -0.2) is 9.59 Å². The molecular weight excluding hydrogens is 260 g/mol. The number of hydrogen-bond donors (Lipinski definition) is 3. The molecule has 0 atom stereocenters. The number of ether oxygens (including phenoxy) is 1. The van der Waals surface area contributed by atoms with Crippen molar-refractivity contribution < 1.29 is 19.4 Å². The fourth-order valence-electron chi connectivity index (χ4n) is 1.43. The second-order valence-corrected chi connectivity index (χ2v) is 4.57. The summed E-state index contributed by atoms with van der Waals surface area (Å²) in [4.78, 5) is 22.7. The highest BCUT2D eigenvalue weighted by Gasteiger charge is 2.17. The molecule has 6 heteroatoms. The Hall–Kier alpha value is -2.68. The van der Waals surface area contributed by atoms with Crippen LogP contribution in [0.5, 0.6) is 5.75 Å². The summed E-state index contributed by atoms with van der Waals surface area (Å²) in [6, 6.07) is 3.75. The van der Waals surface area contributed by atoms with Crippen LogP contribution in [0.3, 0.4) is 0 Å². The maximum atomic E-state index is 11.7. The molecule has 0 bridgehead atoms. The summed E-state index contributed by atoms with van der Waals surface area (Å²) in [7, 11) is 1.35. The van der Waals surface area contributed by atoms with E-state index in [-0.39, 0.29) is 11.3 Å². The van der Waals surface area contributed by atoms with E-state index in [1.807, 2.05) is 0 Å². The number of carboxylic acids is 1. The lowest BCUT2D eigenvalue weighted by atomic mass is 10.1. The molecule has 6 nitrogen and oxygen atoms in total. The first-order valence-electron chi connectivity index (χ1n) is 5.77. The Labute approximate surface area is 117 Å². The summed E-state index contributed by atoms with van der Waals surface area (Å²) in [5, 5.41) is 14.1. The van der Waals surface area contributed by atoms with Crippen molar-refractivity contribution in [3.8, 4) is 18.1 Å². The zero-order chi connectivity index (χ0) is 15.3. The molecule has 0 radical (unpaired) electrons. The number of hydrogen-bond acceptors (Lipinski definition) is 3. The number of nitrogens with one attached hydrogen (secondary N) is 2. The average molecular weight is 276 g/mol. The summed E-state index contributed by atoms with van der Waals surface area (Å²) < 4.78 is 4.97. The molecule has 2 amide bonds. The highest BCUT2D eigenvalue weighted by Crippen LogP contribution is 2.23. The molecule has 0 aromatic heterocycles. The molecule has 0 aliphatic carbocycles. The number of aromatic carboxylic acids is 1. The molecule has 106 valence electrons. The quantitative estimate of drug-likeness (QED) is 0.733. The average Bonchev–Trinajstić information content (AvgIpc) is 2.37. The topological polar surface area (TPSA) is 87.7 Å². The van der Waals surface area contributed by atoms with Crippen LogP contribution in [0.1, 0.15) is 24.2 Å². The fourth-order valence-corrected chi connectivity index (χ4v) is 1.43. The molecule has 0 aliphatic heterocycles. The van der Waals surface area contributed by atoms with Crippen LogP contribution in [-0.2, 0) is 0 Å². The summed E-state index contributed by atoms with van der Waals surface area (Å²) in [5.41, 5.74) is -0.366. The molecule has 0 aliphatic rings. The van der Waals surface area contributed by atoms with Gasteiger partial charge in [0, 0.05) is 11.8 Å². The Morgan fingerprint density at radius 2 is 2.05 bits per heavy atom. The third kappa shape index (κ3) is 3.92. The standard InChI is InChI=1S/C14H16N2O4/c1-5-14(2,3)16-13(19)15-9-6-7-10(12(17)18)11(8-9)20-4/h1,6-8H,2-4H3,(H,17,18)(H2,15,16,19). The number of carbonyl (C=O) groups excluding carboxylic acids is 1. The van der Waals surface area contributed by atoms with Crippen molar-refractivity contribution in [2.45, 2.75) is 19.4 Å². The first-order chi connectivity index (χ1) is 9.29. The minimum absolute atomic E-state index is 0.0161. The van der Waals surface area contributed by atoms with E-state index < -0.39 is 17.5 Å². The van der Waals surface area contributed by atoms with E-state index in [9.17, 15) is 9.59 Å². The van der Waals surface area contributed by atoms with Gasteiger partial charge in [0.05, 0.1) is 12.6 Å². The van der Waals surface area contributed by atoms with Gasteiger partial charge in [-0.05, 0) is 26.0 Å². The number of benzene rings is 1. The normalized spacial score (nSPS) is 10.3.